The minimum absolute atomic E-state index is 0.0430. The van der Waals surface area contributed by atoms with Gasteiger partial charge in [-0.1, -0.05) is 41.9 Å². The second-order valence-corrected chi connectivity index (χ2v) is 7.90. The molecule has 7 heteroatoms. The number of hydrogen-bond donors (Lipinski definition) is 1. The summed E-state index contributed by atoms with van der Waals surface area (Å²) in [5.41, 5.74) is 1.84. The molecular weight excluding hydrogens is 402 g/mol. The lowest BCUT2D eigenvalue weighted by molar-refractivity contribution is -0.132. The molecular formula is C23H28ClN3O3. The van der Waals surface area contributed by atoms with Crippen LogP contribution < -0.4 is 10.1 Å². The Kier molecular flexibility index (Phi) is 7.71. The molecule has 1 aliphatic heterocycles. The number of rotatable bonds is 7. The van der Waals surface area contributed by atoms with Gasteiger partial charge in [-0.15, -0.1) is 0 Å². The van der Waals surface area contributed by atoms with Crippen molar-refractivity contribution in [2.45, 2.75) is 19.4 Å². The maximum Gasteiger partial charge on any atom is 0.234 e. The molecule has 1 saturated heterocycles. The molecule has 1 aliphatic rings. The number of methoxy groups -OCH3 is 1. The van der Waals surface area contributed by atoms with Crippen molar-refractivity contribution in [3.8, 4) is 5.75 Å². The summed E-state index contributed by atoms with van der Waals surface area (Å²) < 4.78 is 5.22. The van der Waals surface area contributed by atoms with Gasteiger partial charge < -0.3 is 15.0 Å². The molecule has 0 radical (unpaired) electrons. The lowest BCUT2D eigenvalue weighted by Crippen LogP contribution is -2.51. The monoisotopic (exact) mass is 429 g/mol. The van der Waals surface area contributed by atoms with E-state index in [9.17, 15) is 9.59 Å². The van der Waals surface area contributed by atoms with Crippen LogP contribution in [-0.4, -0.2) is 61.4 Å². The third-order valence-corrected chi connectivity index (χ3v) is 5.68. The Labute approximate surface area is 182 Å². The average molecular weight is 430 g/mol. The van der Waals surface area contributed by atoms with Crippen molar-refractivity contribution in [3.05, 3.63) is 64.7 Å². The molecule has 0 aliphatic carbocycles. The second kappa shape index (κ2) is 10.5. The maximum absolute atomic E-state index is 12.6. The molecule has 2 aromatic rings. The predicted octanol–water partition coefficient (Wildman–Crippen LogP) is 2.91. The van der Waals surface area contributed by atoms with Crippen LogP contribution in [0.2, 0.25) is 5.02 Å². The zero-order chi connectivity index (χ0) is 21.5. The van der Waals surface area contributed by atoms with E-state index in [-0.39, 0.29) is 17.9 Å². The molecule has 6 nitrogen and oxygen atoms in total. The Morgan fingerprint density at radius 2 is 1.83 bits per heavy atom. The van der Waals surface area contributed by atoms with Crippen LogP contribution >= 0.6 is 11.6 Å². The molecule has 2 amide bonds. The normalized spacial score (nSPS) is 15.5. The van der Waals surface area contributed by atoms with E-state index in [0.717, 1.165) is 16.9 Å². The number of ether oxygens (including phenoxy) is 1. The van der Waals surface area contributed by atoms with Gasteiger partial charge in [-0.05, 0) is 36.2 Å². The highest BCUT2D eigenvalue weighted by atomic mass is 35.5. The number of benzene rings is 2. The molecule has 1 atom stereocenters. The zero-order valence-electron chi connectivity index (χ0n) is 17.4. The first-order valence-corrected chi connectivity index (χ1v) is 10.5. The molecule has 30 heavy (non-hydrogen) atoms. The van der Waals surface area contributed by atoms with Crippen LogP contribution in [0.25, 0.3) is 0 Å². The Morgan fingerprint density at radius 3 is 2.53 bits per heavy atom. The van der Waals surface area contributed by atoms with Crippen molar-refractivity contribution in [3.63, 3.8) is 0 Å². The molecule has 3 rings (SSSR count). The number of nitrogens with zero attached hydrogens (tertiary/aromatic N) is 2. The van der Waals surface area contributed by atoms with Crippen LogP contribution in [0.15, 0.2) is 48.5 Å². The summed E-state index contributed by atoms with van der Waals surface area (Å²) in [6.45, 7) is 4.84. The van der Waals surface area contributed by atoms with E-state index in [0.29, 0.717) is 44.2 Å². The standard InChI is InChI=1S/C23H28ClN3O3/c1-17(20-8-3-4-9-21(20)24)25-22(28)16-26-10-12-27(13-11-26)23(29)15-18-6-5-7-19(14-18)30-2/h3-9,14,17H,10-13,15-16H2,1-2H3,(H,25,28). The van der Waals surface area contributed by atoms with Gasteiger partial charge in [0.05, 0.1) is 26.1 Å². The van der Waals surface area contributed by atoms with Crippen LogP contribution in [0.4, 0.5) is 0 Å². The van der Waals surface area contributed by atoms with E-state index in [4.69, 9.17) is 16.3 Å². The zero-order valence-corrected chi connectivity index (χ0v) is 18.2. The number of carbonyl (C=O) groups is 2. The average Bonchev–Trinajstić information content (AvgIpc) is 2.74. The number of halogens is 1. The number of piperazine rings is 1. The first kappa shape index (κ1) is 22.1. The molecule has 0 bridgehead atoms. The summed E-state index contributed by atoms with van der Waals surface area (Å²) in [6, 6.07) is 14.9. The maximum atomic E-state index is 12.6. The van der Waals surface area contributed by atoms with Gasteiger partial charge in [0.25, 0.3) is 0 Å². The minimum Gasteiger partial charge on any atom is -0.497 e. The predicted molar refractivity (Wildman–Crippen MR) is 118 cm³/mol. The molecule has 1 fully saturated rings. The minimum atomic E-state index is -0.156. The molecule has 1 N–H and O–H groups in total. The van der Waals surface area contributed by atoms with Crippen LogP contribution in [0.3, 0.4) is 0 Å². The van der Waals surface area contributed by atoms with Gasteiger partial charge in [0.1, 0.15) is 5.75 Å². The summed E-state index contributed by atoms with van der Waals surface area (Å²) in [6.07, 6.45) is 0.354. The fraction of sp³-hybridized carbons (Fsp3) is 0.391. The second-order valence-electron chi connectivity index (χ2n) is 7.50. The molecule has 160 valence electrons. The Hall–Kier alpha value is -2.57. The summed E-state index contributed by atoms with van der Waals surface area (Å²) in [5, 5.41) is 3.65. The Balaban J connectivity index is 1.44. The summed E-state index contributed by atoms with van der Waals surface area (Å²) in [7, 11) is 1.62. The first-order chi connectivity index (χ1) is 14.5. The fourth-order valence-electron chi connectivity index (χ4n) is 3.62. The van der Waals surface area contributed by atoms with Crippen molar-refractivity contribution in [1.29, 1.82) is 0 Å². The third-order valence-electron chi connectivity index (χ3n) is 5.33. The van der Waals surface area contributed by atoms with E-state index in [2.05, 4.69) is 10.2 Å². The lowest BCUT2D eigenvalue weighted by Gasteiger charge is -2.34. The Bertz CT molecular complexity index is 882. The van der Waals surface area contributed by atoms with Gasteiger partial charge >= 0.3 is 0 Å². The van der Waals surface area contributed by atoms with Gasteiger partial charge in [-0.2, -0.15) is 0 Å². The fourth-order valence-corrected chi connectivity index (χ4v) is 3.92. The highest BCUT2D eigenvalue weighted by Gasteiger charge is 2.23. The van der Waals surface area contributed by atoms with E-state index >= 15 is 0 Å². The van der Waals surface area contributed by atoms with Crippen LogP contribution in [0.1, 0.15) is 24.1 Å². The first-order valence-electron chi connectivity index (χ1n) is 10.1. The number of carbonyl (C=O) groups excluding carboxylic acids is 2. The van der Waals surface area contributed by atoms with Crippen molar-refractivity contribution in [2.75, 3.05) is 39.8 Å². The van der Waals surface area contributed by atoms with Crippen LogP contribution in [0, 0.1) is 0 Å². The van der Waals surface area contributed by atoms with Gasteiger partial charge in [0.2, 0.25) is 11.8 Å². The van der Waals surface area contributed by atoms with E-state index in [1.54, 1.807) is 7.11 Å². The quantitative estimate of drug-likeness (QED) is 0.735. The smallest absolute Gasteiger partial charge is 0.234 e. The summed E-state index contributed by atoms with van der Waals surface area (Å²) in [5.74, 6) is 0.806. The molecule has 1 heterocycles. The van der Waals surface area contributed by atoms with Gasteiger partial charge in [0, 0.05) is 31.2 Å². The number of amides is 2. The molecule has 1 unspecified atom stereocenters. The van der Waals surface area contributed by atoms with Gasteiger partial charge in [-0.25, -0.2) is 0 Å². The summed E-state index contributed by atoms with van der Waals surface area (Å²) >= 11 is 6.21. The highest BCUT2D eigenvalue weighted by Crippen LogP contribution is 2.22. The SMILES string of the molecule is COc1cccc(CC(=O)N2CCN(CC(=O)NC(C)c3ccccc3Cl)CC2)c1. The Morgan fingerprint density at radius 1 is 1.10 bits per heavy atom. The number of hydrogen-bond acceptors (Lipinski definition) is 4. The van der Waals surface area contributed by atoms with Crippen LogP contribution in [-0.2, 0) is 16.0 Å². The van der Waals surface area contributed by atoms with E-state index in [1.807, 2.05) is 60.4 Å². The third kappa shape index (κ3) is 5.97. The summed E-state index contributed by atoms with van der Waals surface area (Å²) in [4.78, 5) is 29.0. The molecule has 0 aromatic heterocycles. The van der Waals surface area contributed by atoms with E-state index < -0.39 is 0 Å². The lowest BCUT2D eigenvalue weighted by atomic mass is 10.1. The largest absolute Gasteiger partial charge is 0.497 e. The molecule has 2 aromatic carbocycles. The van der Waals surface area contributed by atoms with Gasteiger partial charge in [-0.3, -0.25) is 14.5 Å². The van der Waals surface area contributed by atoms with Crippen molar-refractivity contribution in [1.82, 2.24) is 15.1 Å². The number of nitrogens with one attached hydrogen (secondary N) is 1. The van der Waals surface area contributed by atoms with Crippen molar-refractivity contribution in [2.24, 2.45) is 0 Å². The van der Waals surface area contributed by atoms with E-state index in [1.165, 1.54) is 0 Å². The molecule has 0 saturated carbocycles. The van der Waals surface area contributed by atoms with Crippen LogP contribution in [0.5, 0.6) is 5.75 Å². The van der Waals surface area contributed by atoms with Crippen molar-refractivity contribution >= 4 is 23.4 Å². The van der Waals surface area contributed by atoms with Crippen molar-refractivity contribution < 1.29 is 14.3 Å². The highest BCUT2D eigenvalue weighted by molar-refractivity contribution is 6.31. The topological polar surface area (TPSA) is 61.9 Å². The van der Waals surface area contributed by atoms with Gasteiger partial charge in [0.15, 0.2) is 0 Å². The molecule has 0 spiro atoms.